The van der Waals surface area contributed by atoms with Gasteiger partial charge in [-0.05, 0) is 56.5 Å². The Morgan fingerprint density at radius 1 is 1.04 bits per heavy atom. The van der Waals surface area contributed by atoms with E-state index in [0.717, 1.165) is 53.1 Å². The van der Waals surface area contributed by atoms with Crippen molar-refractivity contribution >= 4 is 34.2 Å². The van der Waals surface area contributed by atoms with Gasteiger partial charge in [-0.25, -0.2) is 0 Å². The van der Waals surface area contributed by atoms with Crippen molar-refractivity contribution in [2.24, 2.45) is 0 Å². The first-order valence-corrected chi connectivity index (χ1v) is 15.9. The highest BCUT2D eigenvalue weighted by molar-refractivity contribution is 6.01. The summed E-state index contributed by atoms with van der Waals surface area (Å²) in [6, 6.07) is 8.46. The van der Waals surface area contributed by atoms with Crippen LogP contribution in [0.5, 0.6) is 6.01 Å². The molecule has 3 aromatic rings. The van der Waals surface area contributed by atoms with Gasteiger partial charge in [0.05, 0.1) is 60.8 Å². The van der Waals surface area contributed by atoms with E-state index in [-0.39, 0.29) is 36.3 Å². The van der Waals surface area contributed by atoms with Crippen LogP contribution >= 0.6 is 0 Å². The van der Waals surface area contributed by atoms with Crippen LogP contribution in [-0.2, 0) is 17.8 Å². The van der Waals surface area contributed by atoms with Gasteiger partial charge in [-0.1, -0.05) is 19.2 Å². The first-order chi connectivity index (χ1) is 22.9. The van der Waals surface area contributed by atoms with Gasteiger partial charge >= 0.3 is 6.01 Å². The van der Waals surface area contributed by atoms with E-state index in [1.807, 2.05) is 19.1 Å². The molecule has 5 heterocycles. The highest BCUT2D eigenvalue weighted by atomic mass is 16.5. The van der Waals surface area contributed by atoms with Crippen molar-refractivity contribution in [3.8, 4) is 18.1 Å². The molecule has 0 N–H and O–H groups in total. The first-order valence-electron chi connectivity index (χ1n) is 15.9. The average Bonchev–Trinajstić information content (AvgIpc) is 3.73. The SMILES string of the molecule is C=CC(=O)N1CCN(c2nc(OC[C@@H]3CCCN3CC#N)nc3c2CCN(c2c(C)ccc4c2cnn4C(=O)C=C)C3)C[C@@H]1CC#N. The molecule has 47 heavy (non-hydrogen) atoms. The van der Waals surface area contributed by atoms with Gasteiger partial charge in [0.1, 0.15) is 12.4 Å². The van der Waals surface area contributed by atoms with E-state index in [9.17, 15) is 20.1 Å². The van der Waals surface area contributed by atoms with E-state index in [2.05, 4.69) is 45.1 Å². The van der Waals surface area contributed by atoms with E-state index in [0.29, 0.717) is 57.8 Å². The molecule has 13 nitrogen and oxygen atoms in total. The third-order valence-electron chi connectivity index (χ3n) is 9.39. The maximum Gasteiger partial charge on any atom is 0.318 e. The number of nitrogens with zero attached hydrogens (tertiary/aromatic N) is 10. The van der Waals surface area contributed by atoms with Gasteiger partial charge in [0, 0.05) is 43.2 Å². The van der Waals surface area contributed by atoms with Crippen molar-refractivity contribution in [2.45, 2.75) is 51.2 Å². The zero-order chi connectivity index (χ0) is 33.1. The summed E-state index contributed by atoms with van der Waals surface area (Å²) < 4.78 is 7.65. The Hall–Kier alpha value is -5.27. The summed E-state index contributed by atoms with van der Waals surface area (Å²) in [6.07, 6.45) is 7.08. The molecule has 2 fully saturated rings. The van der Waals surface area contributed by atoms with Crippen LogP contribution in [0.3, 0.4) is 0 Å². The maximum absolute atomic E-state index is 12.6. The molecular formula is C34H38N10O3. The topological polar surface area (TPSA) is 148 Å². The van der Waals surface area contributed by atoms with Crippen molar-refractivity contribution in [3.63, 3.8) is 0 Å². The summed E-state index contributed by atoms with van der Waals surface area (Å²) in [5.41, 5.74) is 4.61. The van der Waals surface area contributed by atoms with Crippen LogP contribution in [0, 0.1) is 29.6 Å². The number of hydrogen-bond acceptors (Lipinski definition) is 11. The smallest absolute Gasteiger partial charge is 0.318 e. The lowest BCUT2D eigenvalue weighted by Gasteiger charge is -2.42. The quantitative estimate of drug-likeness (QED) is 0.253. The Bertz CT molecular complexity index is 1800. The van der Waals surface area contributed by atoms with Crippen LogP contribution in [0.25, 0.3) is 10.9 Å². The molecule has 13 heteroatoms. The number of carbonyl (C=O) groups is 2. The third kappa shape index (κ3) is 6.14. The summed E-state index contributed by atoms with van der Waals surface area (Å²) in [5, 5.41) is 24.1. The number of hydrogen-bond donors (Lipinski definition) is 0. The molecule has 0 saturated carbocycles. The second kappa shape index (κ2) is 13.6. The second-order valence-electron chi connectivity index (χ2n) is 12.1. The molecule has 6 rings (SSSR count). The number of ether oxygens (including phenoxy) is 1. The van der Waals surface area contributed by atoms with E-state index < -0.39 is 0 Å². The lowest BCUT2D eigenvalue weighted by Crippen LogP contribution is -2.55. The molecule has 3 aliphatic heterocycles. The third-order valence-corrected chi connectivity index (χ3v) is 9.39. The van der Waals surface area contributed by atoms with Crippen LogP contribution in [-0.4, -0.2) is 99.3 Å². The minimum absolute atomic E-state index is 0.109. The molecule has 0 spiro atoms. The molecule has 3 aliphatic rings. The predicted octanol–water partition coefficient (Wildman–Crippen LogP) is 3.01. The van der Waals surface area contributed by atoms with Gasteiger partial charge in [-0.3, -0.25) is 14.5 Å². The predicted molar refractivity (Wildman–Crippen MR) is 176 cm³/mol. The van der Waals surface area contributed by atoms with Crippen LogP contribution < -0.4 is 14.5 Å². The molecule has 2 saturated heterocycles. The highest BCUT2D eigenvalue weighted by Crippen LogP contribution is 2.37. The highest BCUT2D eigenvalue weighted by Gasteiger charge is 2.34. The molecule has 0 bridgehead atoms. The standard InChI is InChI=1S/C34H38N10O3/c1-4-30(45)43-18-17-42(20-24(43)10-12-35)33-26-11-15-41(32-23(3)8-9-29-27(32)19-37-44(29)31(46)5-2)21-28(26)38-34(39-33)47-22-25-7-6-14-40(25)16-13-36/h4-5,8-9,19,24-25H,1-2,6-7,10-11,14-18,20-22H2,3H3/t24-,25-/m0/s1. The van der Waals surface area contributed by atoms with Crippen LogP contribution in [0.4, 0.5) is 11.5 Å². The molecule has 0 aliphatic carbocycles. The number of aryl methyl sites for hydroxylation is 1. The Balaban J connectivity index is 1.35. The van der Waals surface area contributed by atoms with Gasteiger partial charge in [0.2, 0.25) is 5.91 Å². The molecule has 242 valence electrons. The number of benzene rings is 1. The molecular weight excluding hydrogens is 596 g/mol. The number of anilines is 2. The van der Waals surface area contributed by atoms with E-state index in [1.54, 1.807) is 11.1 Å². The normalized spacial score (nSPS) is 19.6. The van der Waals surface area contributed by atoms with Gasteiger partial charge < -0.3 is 19.4 Å². The Labute approximate surface area is 273 Å². The van der Waals surface area contributed by atoms with E-state index in [4.69, 9.17) is 14.7 Å². The Kier molecular flexibility index (Phi) is 9.18. The van der Waals surface area contributed by atoms with Crippen LogP contribution in [0.2, 0.25) is 0 Å². The molecule has 0 radical (unpaired) electrons. The van der Waals surface area contributed by atoms with E-state index >= 15 is 0 Å². The summed E-state index contributed by atoms with van der Waals surface area (Å²) in [5.74, 6) is 0.284. The number of aromatic nitrogens is 4. The van der Waals surface area contributed by atoms with E-state index in [1.165, 1.54) is 16.8 Å². The number of piperazine rings is 1. The number of likely N-dealkylation sites (tertiary alicyclic amines) is 1. The number of allylic oxidation sites excluding steroid dienone is 1. The van der Waals surface area contributed by atoms with Crippen molar-refractivity contribution in [2.75, 3.05) is 55.7 Å². The maximum atomic E-state index is 12.6. The minimum Gasteiger partial charge on any atom is -0.462 e. The zero-order valence-electron chi connectivity index (χ0n) is 26.6. The lowest BCUT2D eigenvalue weighted by atomic mass is 10.0. The molecule has 0 unspecified atom stereocenters. The van der Waals surface area contributed by atoms with Crippen molar-refractivity contribution in [1.29, 1.82) is 10.5 Å². The zero-order valence-corrected chi connectivity index (χ0v) is 26.6. The number of carbonyl (C=O) groups excluding carboxylic acids is 2. The van der Waals surface area contributed by atoms with Gasteiger partial charge in [-0.2, -0.15) is 30.3 Å². The summed E-state index contributed by atoms with van der Waals surface area (Å²) in [6.45, 7) is 13.5. The number of nitriles is 2. The summed E-state index contributed by atoms with van der Waals surface area (Å²) >= 11 is 0. The Morgan fingerprint density at radius 3 is 2.64 bits per heavy atom. The molecule has 1 aromatic carbocycles. The fourth-order valence-corrected chi connectivity index (χ4v) is 7.07. The summed E-state index contributed by atoms with van der Waals surface area (Å²) in [4.78, 5) is 43.2. The lowest BCUT2D eigenvalue weighted by molar-refractivity contribution is -0.128. The van der Waals surface area contributed by atoms with Gasteiger partial charge in [0.25, 0.3) is 5.91 Å². The van der Waals surface area contributed by atoms with Crippen molar-refractivity contribution < 1.29 is 14.3 Å². The monoisotopic (exact) mass is 634 g/mol. The van der Waals surface area contributed by atoms with Gasteiger partial charge in [-0.15, -0.1) is 0 Å². The van der Waals surface area contributed by atoms with Crippen molar-refractivity contribution in [1.82, 2.24) is 29.5 Å². The van der Waals surface area contributed by atoms with Gasteiger partial charge in [0.15, 0.2) is 0 Å². The molecule has 1 amide bonds. The molecule has 2 aromatic heterocycles. The van der Waals surface area contributed by atoms with Crippen LogP contribution in [0.1, 0.15) is 40.9 Å². The first kappa shape index (κ1) is 31.7. The fourth-order valence-electron chi connectivity index (χ4n) is 7.07. The number of rotatable bonds is 9. The minimum atomic E-state index is -0.303. The second-order valence-corrected chi connectivity index (χ2v) is 12.1. The molecule has 2 atom stereocenters. The fraction of sp³-hybridized carbons (Fsp3) is 0.441. The Morgan fingerprint density at radius 2 is 1.87 bits per heavy atom. The number of fused-ring (bicyclic) bond motifs is 2. The van der Waals surface area contributed by atoms with Crippen LogP contribution in [0.15, 0.2) is 43.6 Å². The average molecular weight is 635 g/mol. The summed E-state index contributed by atoms with van der Waals surface area (Å²) in [7, 11) is 0. The van der Waals surface area contributed by atoms with Crippen molar-refractivity contribution in [3.05, 3.63) is 60.5 Å². The number of amides is 1. The largest absolute Gasteiger partial charge is 0.462 e.